The minimum Gasteiger partial charge on any atom is -0.466 e. The van der Waals surface area contributed by atoms with Crippen molar-refractivity contribution in [2.24, 2.45) is 10.2 Å². The summed E-state index contributed by atoms with van der Waals surface area (Å²) in [5, 5.41) is 10.8. The topological polar surface area (TPSA) is 89.4 Å². The van der Waals surface area contributed by atoms with Crippen molar-refractivity contribution in [1.29, 1.82) is 0 Å². The number of methoxy groups -OCH3 is 1. The summed E-state index contributed by atoms with van der Waals surface area (Å²) < 4.78 is 10.2. The lowest BCUT2D eigenvalue weighted by molar-refractivity contribution is -0.135. The molecule has 7 nitrogen and oxygen atoms in total. The monoisotopic (exact) mass is 403 g/mol. The summed E-state index contributed by atoms with van der Waals surface area (Å²) in [5.74, 6) is -0.991. The molecule has 1 N–H and O–H groups in total. The summed E-state index contributed by atoms with van der Waals surface area (Å²) in [6, 6.07) is 7.84. The SMILES string of the molecule is CCCCCCOCc1cccc(C=N/N=C2/NC(=O)/C(=C\C(=O)OC)S2)c1. The molecule has 1 fully saturated rings. The van der Waals surface area contributed by atoms with Gasteiger partial charge < -0.3 is 9.47 Å². The molecule has 28 heavy (non-hydrogen) atoms. The van der Waals surface area contributed by atoms with E-state index in [9.17, 15) is 9.59 Å². The van der Waals surface area contributed by atoms with Crippen molar-refractivity contribution in [3.8, 4) is 0 Å². The molecule has 1 aliphatic rings. The number of unbranched alkanes of at least 4 members (excludes halogenated alkanes) is 3. The third-order valence-corrected chi connectivity index (χ3v) is 4.72. The third-order valence-electron chi connectivity index (χ3n) is 3.82. The fourth-order valence-electron chi connectivity index (χ4n) is 2.37. The molecule has 0 aromatic heterocycles. The van der Waals surface area contributed by atoms with E-state index in [2.05, 4.69) is 27.2 Å². The van der Waals surface area contributed by atoms with Crippen LogP contribution in [0.3, 0.4) is 0 Å². The number of esters is 1. The van der Waals surface area contributed by atoms with Gasteiger partial charge in [0.05, 0.1) is 24.8 Å². The van der Waals surface area contributed by atoms with Crippen molar-refractivity contribution in [2.45, 2.75) is 39.2 Å². The quantitative estimate of drug-likeness (QED) is 0.213. The lowest BCUT2D eigenvalue weighted by atomic mass is 10.1. The number of nitrogens with zero attached hydrogens (tertiary/aromatic N) is 2. The zero-order valence-corrected chi connectivity index (χ0v) is 17.0. The summed E-state index contributed by atoms with van der Waals surface area (Å²) >= 11 is 1.04. The highest BCUT2D eigenvalue weighted by Crippen LogP contribution is 2.23. The van der Waals surface area contributed by atoms with Crippen LogP contribution in [0.2, 0.25) is 0 Å². The Balaban J connectivity index is 1.85. The first-order chi connectivity index (χ1) is 13.6. The van der Waals surface area contributed by atoms with Crippen LogP contribution in [0.4, 0.5) is 0 Å². The number of amidine groups is 1. The van der Waals surface area contributed by atoms with Gasteiger partial charge in [-0.3, -0.25) is 10.1 Å². The Kier molecular flexibility index (Phi) is 9.44. The molecular weight excluding hydrogens is 378 g/mol. The van der Waals surface area contributed by atoms with Crippen LogP contribution in [-0.4, -0.2) is 37.0 Å². The third kappa shape index (κ3) is 7.66. The molecule has 1 saturated heterocycles. The molecule has 1 aliphatic heterocycles. The van der Waals surface area contributed by atoms with Crippen LogP contribution >= 0.6 is 11.8 Å². The number of amides is 1. The van der Waals surface area contributed by atoms with Gasteiger partial charge in [0, 0.05) is 12.7 Å². The number of carbonyl (C=O) groups excluding carboxylic acids is 2. The molecule has 8 heteroatoms. The minimum atomic E-state index is -0.591. The van der Waals surface area contributed by atoms with Crippen molar-refractivity contribution >= 4 is 35.0 Å². The molecule has 0 spiro atoms. The van der Waals surface area contributed by atoms with E-state index < -0.39 is 11.9 Å². The summed E-state index contributed by atoms with van der Waals surface area (Å²) in [7, 11) is 1.25. The molecular formula is C20H25N3O4S. The Morgan fingerprint density at radius 3 is 2.93 bits per heavy atom. The maximum Gasteiger partial charge on any atom is 0.331 e. The van der Waals surface area contributed by atoms with Gasteiger partial charge in [-0.25, -0.2) is 4.79 Å². The van der Waals surface area contributed by atoms with Crippen molar-refractivity contribution < 1.29 is 19.1 Å². The lowest BCUT2D eigenvalue weighted by Crippen LogP contribution is -2.19. The zero-order chi connectivity index (χ0) is 20.2. The van der Waals surface area contributed by atoms with Gasteiger partial charge >= 0.3 is 5.97 Å². The second-order valence-electron chi connectivity index (χ2n) is 6.10. The van der Waals surface area contributed by atoms with Gasteiger partial charge in [0.1, 0.15) is 0 Å². The van der Waals surface area contributed by atoms with Gasteiger partial charge in [0.2, 0.25) is 0 Å². The van der Waals surface area contributed by atoms with Crippen molar-refractivity contribution in [3.05, 3.63) is 46.4 Å². The summed E-state index contributed by atoms with van der Waals surface area (Å²) in [4.78, 5) is 23.2. The highest BCUT2D eigenvalue weighted by atomic mass is 32.2. The fraction of sp³-hybridized carbons (Fsp3) is 0.400. The summed E-state index contributed by atoms with van der Waals surface area (Å²) in [5.41, 5.74) is 1.95. The Bertz CT molecular complexity index is 774. The molecule has 0 atom stereocenters. The van der Waals surface area contributed by atoms with Gasteiger partial charge in [-0.05, 0) is 35.4 Å². The average Bonchev–Trinajstić information content (AvgIpc) is 3.04. The van der Waals surface area contributed by atoms with E-state index in [0.717, 1.165) is 42.0 Å². The summed E-state index contributed by atoms with van der Waals surface area (Å²) in [6.07, 6.45) is 7.48. The number of thioether (sulfide) groups is 1. The molecule has 0 saturated carbocycles. The molecule has 0 unspecified atom stereocenters. The van der Waals surface area contributed by atoms with E-state index in [0.29, 0.717) is 11.8 Å². The molecule has 2 rings (SSSR count). The standard InChI is InChI=1S/C20H25N3O4S/c1-3-4-5-6-10-27-14-16-9-7-8-15(11-16)13-21-23-20-22-19(25)17(28-20)12-18(24)26-2/h7-9,11-13H,3-6,10,14H2,1-2H3,(H,22,23,25)/b17-12+,21-13?. The minimum absolute atomic E-state index is 0.221. The van der Waals surface area contributed by atoms with Crippen molar-refractivity contribution in [3.63, 3.8) is 0 Å². The van der Waals surface area contributed by atoms with E-state index in [1.165, 1.54) is 26.4 Å². The highest BCUT2D eigenvalue weighted by molar-refractivity contribution is 8.18. The smallest absolute Gasteiger partial charge is 0.331 e. The van der Waals surface area contributed by atoms with Crippen LogP contribution in [0.1, 0.15) is 43.7 Å². The second kappa shape index (κ2) is 12.1. The largest absolute Gasteiger partial charge is 0.466 e. The Hall–Kier alpha value is -2.45. The number of hydrogen-bond acceptors (Lipinski definition) is 7. The van der Waals surface area contributed by atoms with Crippen LogP contribution in [0.15, 0.2) is 45.4 Å². The predicted molar refractivity (Wildman–Crippen MR) is 111 cm³/mol. The van der Waals surface area contributed by atoms with Crippen LogP contribution in [0.5, 0.6) is 0 Å². The first-order valence-corrected chi connectivity index (χ1v) is 10.0. The van der Waals surface area contributed by atoms with Crippen molar-refractivity contribution in [1.82, 2.24) is 5.32 Å². The molecule has 1 heterocycles. The second-order valence-corrected chi connectivity index (χ2v) is 7.13. The zero-order valence-electron chi connectivity index (χ0n) is 16.1. The first-order valence-electron chi connectivity index (χ1n) is 9.19. The van der Waals surface area contributed by atoms with E-state index in [4.69, 9.17) is 4.74 Å². The van der Waals surface area contributed by atoms with E-state index in [1.807, 2.05) is 24.3 Å². The van der Waals surface area contributed by atoms with Gasteiger partial charge in [0.15, 0.2) is 5.17 Å². The van der Waals surface area contributed by atoms with Crippen LogP contribution in [-0.2, 0) is 25.7 Å². The number of ether oxygens (including phenoxy) is 2. The molecule has 0 aliphatic carbocycles. The number of benzene rings is 1. The Morgan fingerprint density at radius 1 is 1.29 bits per heavy atom. The Labute approximate surface area is 169 Å². The average molecular weight is 404 g/mol. The fourth-order valence-corrected chi connectivity index (χ4v) is 3.11. The molecule has 0 radical (unpaired) electrons. The van der Waals surface area contributed by atoms with Crippen LogP contribution in [0, 0.1) is 0 Å². The molecule has 1 aromatic carbocycles. The maximum absolute atomic E-state index is 11.7. The van der Waals surface area contributed by atoms with E-state index in [-0.39, 0.29) is 4.91 Å². The number of rotatable bonds is 10. The maximum atomic E-state index is 11.7. The lowest BCUT2D eigenvalue weighted by Gasteiger charge is -2.05. The first kappa shape index (κ1) is 21.8. The number of nitrogens with one attached hydrogen (secondary N) is 1. The number of carbonyl (C=O) groups is 2. The van der Waals surface area contributed by atoms with Crippen LogP contribution in [0.25, 0.3) is 0 Å². The van der Waals surface area contributed by atoms with E-state index in [1.54, 1.807) is 6.21 Å². The highest BCUT2D eigenvalue weighted by Gasteiger charge is 2.24. The van der Waals surface area contributed by atoms with Gasteiger partial charge in [0.25, 0.3) is 5.91 Å². The summed E-state index contributed by atoms with van der Waals surface area (Å²) in [6.45, 7) is 3.52. The van der Waals surface area contributed by atoms with Gasteiger partial charge in [-0.1, -0.05) is 44.4 Å². The molecule has 1 amide bonds. The molecule has 0 bridgehead atoms. The van der Waals surface area contributed by atoms with Gasteiger partial charge in [-0.15, -0.1) is 5.10 Å². The van der Waals surface area contributed by atoms with E-state index >= 15 is 0 Å². The molecule has 1 aromatic rings. The normalized spacial score (nSPS) is 16.9. The van der Waals surface area contributed by atoms with Crippen LogP contribution < -0.4 is 5.32 Å². The Morgan fingerprint density at radius 2 is 2.14 bits per heavy atom. The molecule has 150 valence electrons. The van der Waals surface area contributed by atoms with Gasteiger partial charge in [-0.2, -0.15) is 5.10 Å². The predicted octanol–water partition coefficient (Wildman–Crippen LogP) is 3.39. The number of hydrogen-bond donors (Lipinski definition) is 1. The van der Waals surface area contributed by atoms with Crippen molar-refractivity contribution in [2.75, 3.05) is 13.7 Å².